The molecule has 6 nitrogen and oxygen atoms in total. The number of rotatable bonds is 11. The number of carbonyl (C=O) groups is 1. The number of hydrogen-bond acceptors (Lipinski definition) is 4. The lowest BCUT2D eigenvalue weighted by Crippen LogP contribution is -2.49. The van der Waals surface area contributed by atoms with Gasteiger partial charge in [0.05, 0.1) is 19.1 Å². The highest BCUT2D eigenvalue weighted by molar-refractivity contribution is 7.92. The molecule has 0 aliphatic rings. The molecule has 0 radical (unpaired) electrons. The van der Waals surface area contributed by atoms with Crippen molar-refractivity contribution in [3.05, 3.63) is 59.7 Å². The zero-order valence-electron chi connectivity index (χ0n) is 19.1. The second kappa shape index (κ2) is 11.2. The number of amides is 1. The van der Waals surface area contributed by atoms with Gasteiger partial charge in [-0.05, 0) is 48.4 Å². The summed E-state index contributed by atoms with van der Waals surface area (Å²) in [6, 6.07) is 14.4. The highest BCUT2D eigenvalue weighted by atomic mass is 32.2. The molecule has 1 N–H and O–H groups in total. The van der Waals surface area contributed by atoms with Gasteiger partial charge in [0, 0.05) is 12.6 Å². The standard InChI is InChI=1S/C24H34N2O4S/c1-6-23(26(31(5,28)29)21-10-7-11-22(17-21)30-4)24(27)25-16-8-9-19-12-14-20(15-13-19)18(2)3/h7,10-15,17-18,23H,6,8-9,16H2,1-5H3,(H,25,27). The van der Waals surface area contributed by atoms with Crippen molar-refractivity contribution >= 4 is 21.6 Å². The smallest absolute Gasteiger partial charge is 0.243 e. The van der Waals surface area contributed by atoms with Gasteiger partial charge in [0.15, 0.2) is 0 Å². The van der Waals surface area contributed by atoms with Gasteiger partial charge in [0.25, 0.3) is 0 Å². The third-order valence-electron chi connectivity index (χ3n) is 5.23. The average Bonchev–Trinajstić information content (AvgIpc) is 2.74. The minimum Gasteiger partial charge on any atom is -0.497 e. The van der Waals surface area contributed by atoms with Crippen molar-refractivity contribution in [3.63, 3.8) is 0 Å². The topological polar surface area (TPSA) is 75.7 Å². The number of sulfonamides is 1. The van der Waals surface area contributed by atoms with Crippen LogP contribution >= 0.6 is 0 Å². The third kappa shape index (κ3) is 6.99. The third-order valence-corrected chi connectivity index (χ3v) is 6.41. The molecular weight excluding hydrogens is 412 g/mol. The van der Waals surface area contributed by atoms with Gasteiger partial charge in [0.1, 0.15) is 11.8 Å². The van der Waals surface area contributed by atoms with E-state index in [9.17, 15) is 13.2 Å². The fourth-order valence-corrected chi connectivity index (χ4v) is 4.70. The van der Waals surface area contributed by atoms with Crippen LogP contribution in [0.1, 0.15) is 50.7 Å². The summed E-state index contributed by atoms with van der Waals surface area (Å²) in [6.07, 6.45) is 3.10. The van der Waals surface area contributed by atoms with Crippen molar-refractivity contribution in [1.82, 2.24) is 5.32 Å². The zero-order valence-corrected chi connectivity index (χ0v) is 19.9. The maximum Gasteiger partial charge on any atom is 0.243 e. The molecule has 0 fully saturated rings. The van der Waals surface area contributed by atoms with Crippen molar-refractivity contribution in [3.8, 4) is 5.75 Å². The summed E-state index contributed by atoms with van der Waals surface area (Å²) in [5.74, 6) is 0.734. The normalized spacial score (nSPS) is 12.5. The van der Waals surface area contributed by atoms with Crippen LogP contribution < -0.4 is 14.4 Å². The predicted octanol–water partition coefficient (Wildman–Crippen LogP) is 4.11. The highest BCUT2D eigenvalue weighted by Gasteiger charge is 2.31. The monoisotopic (exact) mass is 446 g/mol. The molecule has 0 aliphatic heterocycles. The maximum atomic E-state index is 12.9. The number of nitrogens with zero attached hydrogens (tertiary/aromatic N) is 1. The Morgan fingerprint density at radius 2 is 1.81 bits per heavy atom. The van der Waals surface area contributed by atoms with Gasteiger partial charge >= 0.3 is 0 Å². The van der Waals surface area contributed by atoms with Gasteiger partial charge in [-0.25, -0.2) is 8.42 Å². The fraction of sp³-hybridized carbons (Fsp3) is 0.458. The summed E-state index contributed by atoms with van der Waals surface area (Å²) in [4.78, 5) is 12.9. The van der Waals surface area contributed by atoms with Crippen molar-refractivity contribution in [2.45, 2.75) is 52.0 Å². The fourth-order valence-electron chi connectivity index (χ4n) is 3.50. The van der Waals surface area contributed by atoms with E-state index in [0.717, 1.165) is 19.1 Å². The van der Waals surface area contributed by atoms with Crippen LogP contribution in [0.15, 0.2) is 48.5 Å². The minimum atomic E-state index is -3.67. The minimum absolute atomic E-state index is 0.300. The van der Waals surface area contributed by atoms with Crippen LogP contribution in [0, 0.1) is 0 Å². The van der Waals surface area contributed by atoms with E-state index in [2.05, 4.69) is 43.4 Å². The van der Waals surface area contributed by atoms with E-state index in [0.29, 0.717) is 30.3 Å². The summed E-state index contributed by atoms with van der Waals surface area (Å²) in [5.41, 5.74) is 2.94. The molecule has 2 aromatic carbocycles. The molecule has 7 heteroatoms. The first-order chi connectivity index (χ1) is 14.7. The SMILES string of the molecule is CCC(C(=O)NCCCc1ccc(C(C)C)cc1)N(c1cccc(OC)c1)S(C)(=O)=O. The molecule has 0 spiro atoms. The second-order valence-electron chi connectivity index (χ2n) is 7.98. The summed E-state index contributed by atoms with van der Waals surface area (Å²) in [6.45, 7) is 6.62. The Kier molecular flexibility index (Phi) is 8.92. The lowest BCUT2D eigenvalue weighted by Gasteiger charge is -2.30. The number of hydrogen-bond donors (Lipinski definition) is 1. The molecule has 1 atom stereocenters. The molecule has 0 bridgehead atoms. The van der Waals surface area contributed by atoms with Crippen LogP contribution in [-0.4, -0.2) is 40.3 Å². The van der Waals surface area contributed by atoms with Crippen molar-refractivity contribution in [2.24, 2.45) is 0 Å². The largest absolute Gasteiger partial charge is 0.497 e. The number of methoxy groups -OCH3 is 1. The number of ether oxygens (including phenoxy) is 1. The molecule has 31 heavy (non-hydrogen) atoms. The van der Waals surface area contributed by atoms with Crippen molar-refractivity contribution in [2.75, 3.05) is 24.2 Å². The summed E-state index contributed by atoms with van der Waals surface area (Å²) < 4.78 is 31.5. The first-order valence-corrected chi connectivity index (χ1v) is 12.5. The van der Waals surface area contributed by atoms with Crippen molar-refractivity contribution in [1.29, 1.82) is 0 Å². The van der Waals surface area contributed by atoms with Crippen LogP contribution in [0.4, 0.5) is 5.69 Å². The molecule has 0 aromatic heterocycles. The summed E-state index contributed by atoms with van der Waals surface area (Å²) in [5, 5.41) is 2.91. The van der Waals surface area contributed by atoms with Gasteiger partial charge in [-0.3, -0.25) is 9.10 Å². The van der Waals surface area contributed by atoms with Crippen LogP contribution in [0.25, 0.3) is 0 Å². The Morgan fingerprint density at radius 1 is 1.13 bits per heavy atom. The van der Waals surface area contributed by atoms with E-state index in [1.165, 1.54) is 22.5 Å². The van der Waals surface area contributed by atoms with E-state index in [1.54, 1.807) is 31.2 Å². The maximum absolute atomic E-state index is 12.9. The van der Waals surface area contributed by atoms with Gasteiger partial charge in [-0.15, -0.1) is 0 Å². The second-order valence-corrected chi connectivity index (χ2v) is 9.83. The Morgan fingerprint density at radius 3 is 2.35 bits per heavy atom. The molecule has 0 saturated heterocycles. The number of benzene rings is 2. The van der Waals surface area contributed by atoms with E-state index in [4.69, 9.17) is 4.74 Å². The molecule has 0 aliphatic carbocycles. The summed E-state index contributed by atoms with van der Waals surface area (Å²) in [7, 11) is -2.15. The van der Waals surface area contributed by atoms with Gasteiger partial charge < -0.3 is 10.1 Å². The number of anilines is 1. The van der Waals surface area contributed by atoms with Gasteiger partial charge in [-0.1, -0.05) is 51.1 Å². The number of aryl methyl sites for hydroxylation is 1. The number of nitrogens with one attached hydrogen (secondary N) is 1. The zero-order chi connectivity index (χ0) is 23.0. The van der Waals surface area contributed by atoms with Crippen LogP contribution in [0.3, 0.4) is 0 Å². The predicted molar refractivity (Wildman–Crippen MR) is 126 cm³/mol. The van der Waals surface area contributed by atoms with Gasteiger partial charge in [-0.2, -0.15) is 0 Å². The van der Waals surface area contributed by atoms with Crippen LogP contribution in [-0.2, 0) is 21.2 Å². The average molecular weight is 447 g/mol. The molecule has 2 rings (SSSR count). The van der Waals surface area contributed by atoms with E-state index >= 15 is 0 Å². The Labute approximate surface area is 186 Å². The van der Waals surface area contributed by atoms with Gasteiger partial charge in [0.2, 0.25) is 15.9 Å². The lowest BCUT2D eigenvalue weighted by molar-refractivity contribution is -0.122. The molecule has 0 heterocycles. The Bertz CT molecular complexity index is 956. The molecule has 170 valence electrons. The molecular formula is C24H34N2O4S. The Balaban J connectivity index is 2.02. The molecule has 1 unspecified atom stereocenters. The van der Waals surface area contributed by atoms with E-state index in [-0.39, 0.29) is 5.91 Å². The lowest BCUT2D eigenvalue weighted by atomic mass is 10.0. The Hall–Kier alpha value is -2.54. The molecule has 0 saturated carbocycles. The molecule has 2 aromatic rings. The number of carbonyl (C=O) groups excluding carboxylic acids is 1. The van der Waals surface area contributed by atoms with Crippen LogP contribution in [0.2, 0.25) is 0 Å². The molecule has 1 amide bonds. The quantitative estimate of drug-likeness (QED) is 0.527. The van der Waals surface area contributed by atoms with Crippen molar-refractivity contribution < 1.29 is 17.9 Å². The van der Waals surface area contributed by atoms with E-state index < -0.39 is 16.1 Å². The van der Waals surface area contributed by atoms with E-state index in [1.807, 2.05) is 0 Å². The first-order valence-electron chi connectivity index (χ1n) is 10.7. The first kappa shape index (κ1) is 24.7. The highest BCUT2D eigenvalue weighted by Crippen LogP contribution is 2.26. The van der Waals surface area contributed by atoms with Crippen LogP contribution in [0.5, 0.6) is 5.75 Å². The summed E-state index contributed by atoms with van der Waals surface area (Å²) >= 11 is 0.